The van der Waals surface area contributed by atoms with Crippen LogP contribution < -0.4 is 28.0 Å². The van der Waals surface area contributed by atoms with Gasteiger partial charge < -0.3 is 27.0 Å². The van der Waals surface area contributed by atoms with Crippen molar-refractivity contribution in [3.05, 3.63) is 40.6 Å². The smallest absolute Gasteiger partial charge is 0.452 e. The quantitative estimate of drug-likeness (QED) is 0.0543. The Bertz CT molecular complexity index is 2180. The van der Waals surface area contributed by atoms with E-state index in [2.05, 4.69) is 0 Å². The van der Waals surface area contributed by atoms with Crippen LogP contribution in [0.1, 0.15) is 69.2 Å². The highest BCUT2D eigenvalue weighted by Crippen LogP contribution is 2.58. The molecule has 0 radical (unpaired) electrons. The molecule has 0 spiro atoms. The molecule has 2 aromatic carbocycles. The van der Waals surface area contributed by atoms with Crippen LogP contribution in [0.2, 0.25) is 0 Å². The molecule has 0 saturated heterocycles. The first kappa shape index (κ1) is 53.7. The van der Waals surface area contributed by atoms with Crippen molar-refractivity contribution in [2.75, 3.05) is 66.1 Å². The van der Waals surface area contributed by atoms with Crippen LogP contribution in [0.4, 0.5) is 0 Å². The molecule has 0 unspecified atom stereocenters. The lowest BCUT2D eigenvalue weighted by atomic mass is 10.1. The van der Waals surface area contributed by atoms with E-state index in [1.54, 1.807) is 27.7 Å². The van der Waals surface area contributed by atoms with E-state index < -0.39 is 78.5 Å². The summed E-state index contributed by atoms with van der Waals surface area (Å²) in [6.45, 7) is 13.8. The first-order valence-corrected chi connectivity index (χ1v) is 26.9. The van der Waals surface area contributed by atoms with Crippen molar-refractivity contribution in [1.82, 2.24) is 0 Å². The van der Waals surface area contributed by atoms with Gasteiger partial charge in [0, 0.05) is 17.7 Å². The van der Waals surface area contributed by atoms with Gasteiger partial charge in [0.05, 0.1) is 66.1 Å². The van der Waals surface area contributed by atoms with Crippen molar-refractivity contribution in [2.24, 2.45) is 0 Å². The van der Waals surface area contributed by atoms with Gasteiger partial charge in [0.2, 0.25) is 11.2 Å². The summed E-state index contributed by atoms with van der Waals surface area (Å²) in [5, 5.41) is -0.513. The molecule has 0 amide bonds. The van der Waals surface area contributed by atoms with Crippen LogP contribution in [0.3, 0.4) is 0 Å². The molecule has 352 valence electrons. The third-order valence-electron chi connectivity index (χ3n) is 7.02. The summed E-state index contributed by atoms with van der Waals surface area (Å²) in [6, 6.07) is 5.67. The molecule has 62 heavy (non-hydrogen) atoms. The normalized spacial score (nSPS) is 12.7. The van der Waals surface area contributed by atoms with E-state index >= 15 is 0 Å². The highest BCUT2D eigenvalue weighted by atomic mass is 31.2. The molecule has 0 fully saturated rings. The molecule has 0 bridgehead atoms. The summed E-state index contributed by atoms with van der Waals surface area (Å²) in [5.41, 5.74) is -1.70. The summed E-state index contributed by atoms with van der Waals surface area (Å²) in [7, 11) is -22.3. The Morgan fingerprint density at radius 2 is 0.774 bits per heavy atom. The largest absolute Gasteiger partial charge is 0.530 e. The van der Waals surface area contributed by atoms with Crippen LogP contribution in [0.25, 0.3) is 22.3 Å². The Hall–Kier alpha value is -2.60. The molecule has 3 aromatic rings. The molecule has 0 atom stereocenters. The van der Waals surface area contributed by atoms with Crippen molar-refractivity contribution in [3.63, 3.8) is 0 Å². The van der Waals surface area contributed by atoms with Gasteiger partial charge >= 0.3 is 39.1 Å². The van der Waals surface area contributed by atoms with E-state index in [9.17, 15) is 27.6 Å². The second kappa shape index (κ2) is 24.6. The number of phosphoric ester groups is 5. The van der Waals surface area contributed by atoms with Crippen LogP contribution in [0.15, 0.2) is 39.5 Å². The van der Waals surface area contributed by atoms with Gasteiger partial charge in [-0.1, -0.05) is 0 Å². The predicted molar refractivity (Wildman–Crippen MR) is 225 cm³/mol. The van der Waals surface area contributed by atoms with Gasteiger partial charge in [0.25, 0.3) is 0 Å². The van der Waals surface area contributed by atoms with E-state index in [0.29, 0.717) is 0 Å². The number of hydrogen-bond donors (Lipinski definition) is 0. The average molecular weight is 983 g/mol. The minimum atomic E-state index is -4.65. The Morgan fingerprint density at radius 1 is 0.419 bits per heavy atom. The Morgan fingerprint density at radius 3 is 1.18 bits per heavy atom. The van der Waals surface area contributed by atoms with Crippen LogP contribution >= 0.6 is 39.1 Å². The number of fused-ring (bicyclic) bond motifs is 1. The third kappa shape index (κ3) is 14.7. The molecule has 27 heteroatoms. The summed E-state index contributed by atoms with van der Waals surface area (Å²) in [6.07, 6.45) is 0. The molecule has 22 nitrogen and oxygen atoms in total. The predicted octanol–water partition coefficient (Wildman–Crippen LogP) is 11.3. The molecule has 1 heterocycles. The fourth-order valence-corrected chi connectivity index (χ4v) is 11.0. The SMILES string of the molecule is CCOP(=O)(OCC)Oc1cc(OP(=O)(OCC)OCC)c2c(=O)c(OP(=O)(OCC)OCC)c(-c3ccc(OP(=O)(OCC)OCC)c(OP(=O)(OCC)OCC)c3)oc2c1. The van der Waals surface area contributed by atoms with Gasteiger partial charge in [-0.3, -0.25) is 50.0 Å². The molecule has 0 saturated carbocycles. The molecule has 0 aliphatic carbocycles. The second-order valence-electron chi connectivity index (χ2n) is 11.4. The van der Waals surface area contributed by atoms with Crippen molar-refractivity contribution in [1.29, 1.82) is 0 Å². The van der Waals surface area contributed by atoms with E-state index in [0.717, 1.165) is 18.2 Å². The minimum absolute atomic E-state index is 0.100. The maximum atomic E-state index is 14.9. The average Bonchev–Trinajstić information content (AvgIpc) is 3.17. The first-order chi connectivity index (χ1) is 29.4. The van der Waals surface area contributed by atoms with Crippen LogP contribution in [-0.2, 0) is 68.1 Å². The van der Waals surface area contributed by atoms with Crippen molar-refractivity contribution in [2.45, 2.75) is 69.2 Å². The van der Waals surface area contributed by atoms with Crippen LogP contribution in [0.5, 0.6) is 28.7 Å². The molecular weight excluding hydrogens is 927 g/mol. The molecule has 3 rings (SSSR count). The Balaban J connectivity index is 2.59. The topological polar surface area (TPSA) is 254 Å². The highest BCUT2D eigenvalue weighted by molar-refractivity contribution is 7.50. The summed E-state index contributed by atoms with van der Waals surface area (Å²) < 4.78 is 157. The number of benzene rings is 2. The van der Waals surface area contributed by atoms with Gasteiger partial charge in [-0.05, 0) is 87.4 Å². The van der Waals surface area contributed by atoms with Gasteiger partial charge in [-0.2, -0.15) is 0 Å². The van der Waals surface area contributed by atoms with Crippen molar-refractivity contribution >= 4 is 50.1 Å². The Labute approximate surface area is 360 Å². The van der Waals surface area contributed by atoms with E-state index in [1.807, 2.05) is 0 Å². The van der Waals surface area contributed by atoms with Gasteiger partial charge in [0.1, 0.15) is 22.5 Å². The first-order valence-electron chi connectivity index (χ1n) is 19.6. The van der Waals surface area contributed by atoms with Crippen molar-refractivity contribution in [3.8, 4) is 40.1 Å². The molecule has 0 N–H and O–H groups in total. The number of phosphoric acid groups is 5. The van der Waals surface area contributed by atoms with Gasteiger partial charge in [0.15, 0.2) is 17.3 Å². The second-order valence-corrected chi connectivity index (χ2v) is 19.4. The highest BCUT2D eigenvalue weighted by Gasteiger charge is 2.38. The van der Waals surface area contributed by atoms with Crippen LogP contribution in [-0.4, -0.2) is 66.1 Å². The fraction of sp³-hybridized carbons (Fsp3) is 0.571. The fourth-order valence-electron chi connectivity index (χ4n) is 5.07. The summed E-state index contributed by atoms with van der Waals surface area (Å²) in [4.78, 5) is 14.9. The van der Waals surface area contributed by atoms with Crippen LogP contribution in [0, 0.1) is 0 Å². The van der Waals surface area contributed by atoms with E-state index in [-0.39, 0.29) is 83.1 Å². The zero-order chi connectivity index (χ0) is 46.2. The van der Waals surface area contributed by atoms with Crippen molar-refractivity contribution < 1.29 is 95.1 Å². The van der Waals surface area contributed by atoms with Gasteiger partial charge in [-0.25, -0.2) is 22.8 Å². The van der Waals surface area contributed by atoms with E-state index in [4.69, 9.17) is 72.3 Å². The summed E-state index contributed by atoms with van der Waals surface area (Å²) in [5.74, 6) is -3.11. The summed E-state index contributed by atoms with van der Waals surface area (Å²) >= 11 is 0. The third-order valence-corrected chi connectivity index (χ3v) is 14.9. The maximum absolute atomic E-state index is 14.9. The molecule has 1 aromatic heterocycles. The Kier molecular flexibility index (Phi) is 21.3. The zero-order valence-corrected chi connectivity index (χ0v) is 40.6. The lowest BCUT2D eigenvalue weighted by Gasteiger charge is -2.23. The maximum Gasteiger partial charge on any atom is 0.530 e. The molecule has 0 aliphatic heterocycles. The lowest BCUT2D eigenvalue weighted by molar-refractivity contribution is 0.157. The van der Waals surface area contributed by atoms with Gasteiger partial charge in [-0.15, -0.1) is 0 Å². The van der Waals surface area contributed by atoms with E-state index in [1.165, 1.54) is 53.7 Å². The zero-order valence-electron chi connectivity index (χ0n) is 36.2. The minimum Gasteiger partial charge on any atom is -0.452 e. The number of hydrogen-bond acceptors (Lipinski definition) is 22. The molecule has 0 aliphatic rings. The lowest BCUT2D eigenvalue weighted by Crippen LogP contribution is -2.13. The number of rotatable bonds is 31. The molecular formula is C35H55O22P5. The standard InChI is InChI=1S/C35H55O22P5/c1-11-42-58(37,43-12-2)53-27-24-30-32(31(25-27)56-61(40,48-17-7)49-18-8)33(36)35(57-62(41,50-19-9)51-20-10)34(52-30)26-21-22-28(54-59(38,44-13-3)45-14-4)29(23-26)55-60(39,46-15-5)47-16-6/h21-25H,11-20H2,1-10H3. The monoisotopic (exact) mass is 982 g/mol.